The van der Waals surface area contributed by atoms with Crippen molar-refractivity contribution in [1.82, 2.24) is 9.80 Å². The predicted octanol–water partition coefficient (Wildman–Crippen LogP) is 13.0. The molecule has 0 heterocycles. The number of allylic oxidation sites excluding steroid dienone is 8. The molecule has 0 saturated heterocycles. The van der Waals surface area contributed by atoms with Crippen LogP contribution in [0.1, 0.15) is 174 Å². The highest BCUT2D eigenvalue weighted by atomic mass is 16.6. The Kier molecular flexibility index (Phi) is 41.9. The number of ether oxygens (including phenoxy) is 3. The lowest BCUT2D eigenvalue weighted by molar-refractivity contribution is 0.0531. The van der Waals surface area contributed by atoms with Crippen molar-refractivity contribution in [2.45, 2.75) is 174 Å². The summed E-state index contributed by atoms with van der Waals surface area (Å²) in [6.45, 7) is 9.53. The maximum Gasteiger partial charge on any atom is 0.409 e. The Morgan fingerprint density at radius 2 is 0.808 bits per heavy atom. The molecule has 0 atom stereocenters. The molecule has 0 rings (SSSR count). The summed E-state index contributed by atoms with van der Waals surface area (Å²) < 4.78 is 17.4. The Hall–Kier alpha value is -1.89. The summed E-state index contributed by atoms with van der Waals surface area (Å²) in [5, 5.41) is 0. The second-order valence-corrected chi connectivity index (χ2v) is 14.7. The Morgan fingerprint density at radius 3 is 1.21 bits per heavy atom. The van der Waals surface area contributed by atoms with E-state index in [1.54, 1.807) is 4.90 Å². The lowest BCUT2D eigenvalue weighted by atomic mass is 10.1. The van der Waals surface area contributed by atoms with Crippen LogP contribution in [-0.4, -0.2) is 82.7 Å². The Morgan fingerprint density at radius 1 is 0.423 bits per heavy atom. The third kappa shape index (κ3) is 40.9. The fourth-order valence-electron chi connectivity index (χ4n) is 5.86. The molecule has 0 bridgehead atoms. The first kappa shape index (κ1) is 50.1. The van der Waals surface area contributed by atoms with E-state index in [2.05, 4.69) is 67.4 Å². The molecule has 0 fully saturated rings. The van der Waals surface area contributed by atoms with Gasteiger partial charge in [-0.25, -0.2) is 4.79 Å². The van der Waals surface area contributed by atoms with Crippen LogP contribution < -0.4 is 0 Å². The second-order valence-electron chi connectivity index (χ2n) is 14.7. The quantitative estimate of drug-likeness (QED) is 0.0464. The van der Waals surface area contributed by atoms with E-state index >= 15 is 0 Å². The summed E-state index contributed by atoms with van der Waals surface area (Å²) in [6, 6.07) is 0. The predicted molar refractivity (Wildman–Crippen MR) is 226 cm³/mol. The molecule has 6 nitrogen and oxygen atoms in total. The first-order valence-corrected chi connectivity index (χ1v) is 21.9. The molecule has 0 aliphatic carbocycles. The SMILES string of the molecule is CCCCC/C=C\C/C=C\CCCCCCCCOCCN(CCOCCCCCCCC/C=C\C/C=C\CCCCC)C(=O)OCCCN(C)C. The zero-order chi connectivity index (χ0) is 37.8. The third-order valence-corrected chi connectivity index (χ3v) is 9.22. The molecule has 0 aromatic rings. The van der Waals surface area contributed by atoms with E-state index < -0.39 is 0 Å². The van der Waals surface area contributed by atoms with E-state index in [1.807, 2.05) is 14.1 Å². The molecule has 0 aromatic heterocycles. The lowest BCUT2D eigenvalue weighted by Crippen LogP contribution is -2.37. The van der Waals surface area contributed by atoms with E-state index in [1.165, 1.54) is 128 Å². The highest BCUT2D eigenvalue weighted by Gasteiger charge is 2.15. The molecular weight excluding hydrogens is 645 g/mol. The van der Waals surface area contributed by atoms with Crippen molar-refractivity contribution in [3.63, 3.8) is 0 Å². The van der Waals surface area contributed by atoms with E-state index in [-0.39, 0.29) is 6.09 Å². The summed E-state index contributed by atoms with van der Waals surface area (Å²) in [5.41, 5.74) is 0. The van der Waals surface area contributed by atoms with Gasteiger partial charge < -0.3 is 24.0 Å². The van der Waals surface area contributed by atoms with Crippen molar-refractivity contribution in [3.05, 3.63) is 48.6 Å². The number of amides is 1. The molecule has 0 aliphatic rings. The molecule has 1 amide bonds. The summed E-state index contributed by atoms with van der Waals surface area (Å²) in [7, 11) is 4.07. The van der Waals surface area contributed by atoms with Gasteiger partial charge in [0, 0.05) is 32.8 Å². The Bertz CT molecular complexity index is 784. The van der Waals surface area contributed by atoms with E-state index in [0.29, 0.717) is 32.9 Å². The summed E-state index contributed by atoms with van der Waals surface area (Å²) in [4.78, 5) is 16.7. The smallest absolute Gasteiger partial charge is 0.409 e. The third-order valence-electron chi connectivity index (χ3n) is 9.22. The average Bonchev–Trinajstić information content (AvgIpc) is 3.14. The number of nitrogens with zero attached hydrogens (tertiary/aromatic N) is 2. The van der Waals surface area contributed by atoms with Crippen LogP contribution in [0.4, 0.5) is 4.79 Å². The highest BCUT2D eigenvalue weighted by Crippen LogP contribution is 2.10. The van der Waals surface area contributed by atoms with E-state index in [0.717, 1.165) is 51.9 Å². The molecule has 0 aromatic carbocycles. The largest absolute Gasteiger partial charge is 0.449 e. The zero-order valence-corrected chi connectivity index (χ0v) is 35.0. The van der Waals surface area contributed by atoms with Gasteiger partial charge in [0.15, 0.2) is 0 Å². The van der Waals surface area contributed by atoms with Gasteiger partial charge in [-0.1, -0.05) is 140 Å². The van der Waals surface area contributed by atoms with Gasteiger partial charge in [-0.3, -0.25) is 0 Å². The molecule has 0 N–H and O–H groups in total. The first-order valence-electron chi connectivity index (χ1n) is 21.9. The van der Waals surface area contributed by atoms with Crippen LogP contribution in [-0.2, 0) is 14.2 Å². The first-order chi connectivity index (χ1) is 25.6. The van der Waals surface area contributed by atoms with Gasteiger partial charge in [0.25, 0.3) is 0 Å². The maximum atomic E-state index is 12.8. The zero-order valence-electron chi connectivity index (χ0n) is 35.0. The van der Waals surface area contributed by atoms with Crippen molar-refractivity contribution in [2.75, 3.05) is 66.8 Å². The van der Waals surface area contributed by atoms with Crippen LogP contribution in [0, 0.1) is 0 Å². The molecule has 0 spiro atoms. The van der Waals surface area contributed by atoms with Gasteiger partial charge in [0.2, 0.25) is 0 Å². The minimum Gasteiger partial charge on any atom is -0.449 e. The number of carbonyl (C=O) groups is 1. The van der Waals surface area contributed by atoms with Crippen molar-refractivity contribution in [1.29, 1.82) is 0 Å². The van der Waals surface area contributed by atoms with E-state index in [9.17, 15) is 4.79 Å². The molecule has 304 valence electrons. The fraction of sp³-hybridized carbons (Fsp3) is 0.804. The molecule has 52 heavy (non-hydrogen) atoms. The topological polar surface area (TPSA) is 51.2 Å². The van der Waals surface area contributed by atoms with Gasteiger partial charge >= 0.3 is 6.09 Å². The van der Waals surface area contributed by atoms with Crippen LogP contribution in [0.15, 0.2) is 48.6 Å². The summed E-state index contributed by atoms with van der Waals surface area (Å²) in [5.74, 6) is 0. The summed E-state index contributed by atoms with van der Waals surface area (Å²) in [6.07, 6.45) is 49.0. The van der Waals surface area contributed by atoms with Gasteiger partial charge in [0.1, 0.15) is 0 Å². The number of hydrogen-bond donors (Lipinski definition) is 0. The fourth-order valence-corrected chi connectivity index (χ4v) is 5.86. The van der Waals surface area contributed by atoms with Gasteiger partial charge in [-0.15, -0.1) is 0 Å². The number of carbonyl (C=O) groups excluding carboxylic acids is 1. The number of hydrogen-bond acceptors (Lipinski definition) is 5. The van der Waals surface area contributed by atoms with Crippen molar-refractivity contribution in [2.24, 2.45) is 0 Å². The van der Waals surface area contributed by atoms with Crippen molar-refractivity contribution in [3.8, 4) is 0 Å². The van der Waals surface area contributed by atoms with Crippen LogP contribution in [0.2, 0.25) is 0 Å². The van der Waals surface area contributed by atoms with Crippen LogP contribution in [0.5, 0.6) is 0 Å². The minimum atomic E-state index is -0.256. The number of unbranched alkanes of at least 4 members (excludes halogenated alkanes) is 18. The lowest BCUT2D eigenvalue weighted by Gasteiger charge is -2.22. The molecule has 0 aliphatic heterocycles. The highest BCUT2D eigenvalue weighted by molar-refractivity contribution is 5.67. The van der Waals surface area contributed by atoms with Gasteiger partial charge in [-0.2, -0.15) is 0 Å². The average molecular weight is 731 g/mol. The minimum absolute atomic E-state index is 0.256. The standard InChI is InChI=1S/C46H86N2O4/c1-5-7-9-11-13-15-17-19-21-23-25-27-29-31-33-35-41-50-44-39-48(46(49)52-43-37-38-47(3)4)40-45-51-42-36-34-32-30-28-26-24-22-20-18-16-14-12-10-8-6-2/h13-16,19-22H,5-12,17-18,23-45H2,1-4H3/b15-13-,16-14-,21-19-,22-20-. The van der Waals surface area contributed by atoms with E-state index in [4.69, 9.17) is 14.2 Å². The molecule has 0 radical (unpaired) electrons. The Labute approximate surface area is 323 Å². The van der Waals surface area contributed by atoms with Crippen LogP contribution in [0.25, 0.3) is 0 Å². The Balaban J connectivity index is 3.93. The van der Waals surface area contributed by atoms with Crippen LogP contribution >= 0.6 is 0 Å². The van der Waals surface area contributed by atoms with Crippen molar-refractivity contribution < 1.29 is 19.0 Å². The van der Waals surface area contributed by atoms with Gasteiger partial charge in [0.05, 0.1) is 19.8 Å². The number of rotatable bonds is 40. The monoisotopic (exact) mass is 731 g/mol. The molecular formula is C46H86N2O4. The molecule has 0 unspecified atom stereocenters. The van der Waals surface area contributed by atoms with Crippen LogP contribution in [0.3, 0.4) is 0 Å². The van der Waals surface area contributed by atoms with Crippen molar-refractivity contribution >= 4 is 6.09 Å². The molecule has 0 saturated carbocycles. The second kappa shape index (κ2) is 43.5. The summed E-state index contributed by atoms with van der Waals surface area (Å²) >= 11 is 0. The maximum absolute atomic E-state index is 12.8. The normalized spacial score (nSPS) is 12.2. The molecule has 6 heteroatoms. The van der Waals surface area contributed by atoms with Gasteiger partial charge in [-0.05, 0) is 97.6 Å².